The molecule has 1 N–H and O–H groups in total. The average Bonchev–Trinajstić information content (AvgIpc) is 2.95. The normalized spacial score (nSPS) is 16.1. The van der Waals surface area contributed by atoms with Gasteiger partial charge >= 0.3 is 0 Å². The Kier molecular flexibility index (Phi) is 7.17. The lowest BCUT2D eigenvalue weighted by atomic mass is 10.2. The number of hydrogen-bond donors (Lipinski definition) is 1. The highest BCUT2D eigenvalue weighted by molar-refractivity contribution is 8.15. The van der Waals surface area contributed by atoms with E-state index in [1.807, 2.05) is 0 Å². The molecule has 0 atom stereocenters. The molecule has 0 aromatic heterocycles. The summed E-state index contributed by atoms with van der Waals surface area (Å²) in [7, 11) is 0. The van der Waals surface area contributed by atoms with Gasteiger partial charge in [0, 0.05) is 5.56 Å². The summed E-state index contributed by atoms with van der Waals surface area (Å²) >= 11 is 1.22. The Balaban J connectivity index is 1.94. The molecule has 1 saturated heterocycles. The van der Waals surface area contributed by atoms with E-state index in [4.69, 9.17) is 4.74 Å². The standard InChI is InChI=1S/C16H19F2N3O2S/c1-2-3-4-5-6-23-15-12(17)7-11(8-13(15)18)9-19-21-16-20-14(22)10-24-16/h7-9H,2-6,10H2,1H3,(H,20,21,22). The Morgan fingerprint density at radius 1 is 1.29 bits per heavy atom. The zero-order chi connectivity index (χ0) is 17.4. The Morgan fingerprint density at radius 2 is 2.04 bits per heavy atom. The van der Waals surface area contributed by atoms with Crippen LogP contribution in [0.2, 0.25) is 0 Å². The summed E-state index contributed by atoms with van der Waals surface area (Å²) in [5, 5.41) is 10.4. The van der Waals surface area contributed by atoms with Crippen LogP contribution in [0.1, 0.15) is 38.2 Å². The van der Waals surface area contributed by atoms with E-state index in [2.05, 4.69) is 22.4 Å². The largest absolute Gasteiger partial charge is 0.488 e. The third kappa shape index (κ3) is 5.59. The summed E-state index contributed by atoms with van der Waals surface area (Å²) in [4.78, 5) is 11.0. The molecular weight excluding hydrogens is 336 g/mol. The van der Waals surface area contributed by atoms with E-state index in [0.717, 1.165) is 37.8 Å². The van der Waals surface area contributed by atoms with Gasteiger partial charge in [-0.3, -0.25) is 4.79 Å². The number of amides is 1. The molecule has 8 heteroatoms. The summed E-state index contributed by atoms with van der Waals surface area (Å²) in [5.41, 5.74) is 0.224. The molecule has 0 spiro atoms. The molecule has 1 aliphatic rings. The first-order valence-electron chi connectivity index (χ1n) is 7.75. The molecule has 130 valence electrons. The number of unbranched alkanes of at least 4 members (excludes halogenated alkanes) is 3. The summed E-state index contributed by atoms with van der Waals surface area (Å²) in [6.45, 7) is 2.37. The Bertz CT molecular complexity index is 627. The van der Waals surface area contributed by atoms with E-state index >= 15 is 0 Å². The van der Waals surface area contributed by atoms with Crippen molar-refractivity contribution in [2.45, 2.75) is 32.6 Å². The second kappa shape index (κ2) is 9.36. The second-order valence-corrected chi connectivity index (χ2v) is 6.17. The summed E-state index contributed by atoms with van der Waals surface area (Å²) < 4.78 is 33.1. The van der Waals surface area contributed by atoms with Crippen molar-refractivity contribution in [2.24, 2.45) is 10.2 Å². The van der Waals surface area contributed by atoms with E-state index in [-0.39, 0.29) is 23.8 Å². The number of halogens is 2. The SMILES string of the molecule is CCCCCCOc1c(F)cc(C=NN=C2NC(=O)CS2)cc1F. The molecule has 1 aliphatic heterocycles. The maximum Gasteiger partial charge on any atom is 0.236 e. The van der Waals surface area contributed by atoms with Gasteiger partial charge in [0.1, 0.15) is 0 Å². The average molecular weight is 355 g/mol. The van der Waals surface area contributed by atoms with Crippen LogP contribution in [-0.2, 0) is 4.79 Å². The number of carbonyl (C=O) groups is 1. The monoisotopic (exact) mass is 355 g/mol. The van der Waals surface area contributed by atoms with Crippen LogP contribution < -0.4 is 10.1 Å². The highest BCUT2D eigenvalue weighted by Crippen LogP contribution is 2.23. The first-order chi connectivity index (χ1) is 11.6. The van der Waals surface area contributed by atoms with Crippen molar-refractivity contribution >= 4 is 29.1 Å². The van der Waals surface area contributed by atoms with Crippen LogP contribution in [0.3, 0.4) is 0 Å². The van der Waals surface area contributed by atoms with Crippen molar-refractivity contribution in [2.75, 3.05) is 12.4 Å². The maximum absolute atomic E-state index is 13.9. The molecule has 1 heterocycles. The highest BCUT2D eigenvalue weighted by Gasteiger charge is 2.16. The minimum atomic E-state index is -0.775. The smallest absolute Gasteiger partial charge is 0.236 e. The second-order valence-electron chi connectivity index (χ2n) is 5.21. The van der Waals surface area contributed by atoms with Crippen molar-refractivity contribution in [1.29, 1.82) is 0 Å². The molecule has 1 aromatic carbocycles. The maximum atomic E-state index is 13.9. The van der Waals surface area contributed by atoms with Crippen LogP contribution in [0.15, 0.2) is 22.3 Å². The van der Waals surface area contributed by atoms with E-state index in [0.29, 0.717) is 10.9 Å². The number of nitrogens with one attached hydrogen (secondary N) is 1. The van der Waals surface area contributed by atoms with Gasteiger partial charge < -0.3 is 10.1 Å². The molecule has 0 radical (unpaired) electrons. The van der Waals surface area contributed by atoms with Crippen LogP contribution in [0, 0.1) is 11.6 Å². The van der Waals surface area contributed by atoms with Crippen LogP contribution in [-0.4, -0.2) is 29.6 Å². The number of hydrogen-bond acceptors (Lipinski definition) is 5. The number of rotatable bonds is 8. The lowest BCUT2D eigenvalue weighted by Gasteiger charge is -2.08. The van der Waals surface area contributed by atoms with Crippen molar-refractivity contribution in [3.05, 3.63) is 29.3 Å². The zero-order valence-corrected chi connectivity index (χ0v) is 14.2. The van der Waals surface area contributed by atoms with Gasteiger partial charge in [0.15, 0.2) is 22.6 Å². The van der Waals surface area contributed by atoms with Crippen LogP contribution >= 0.6 is 11.8 Å². The van der Waals surface area contributed by atoms with Crippen molar-refractivity contribution in [3.8, 4) is 5.75 Å². The summed E-state index contributed by atoms with van der Waals surface area (Å²) in [5.74, 6) is -1.77. The molecule has 5 nitrogen and oxygen atoms in total. The molecule has 24 heavy (non-hydrogen) atoms. The first kappa shape index (κ1) is 18.4. The molecule has 0 unspecified atom stereocenters. The van der Waals surface area contributed by atoms with Gasteiger partial charge in [-0.15, -0.1) is 5.10 Å². The number of nitrogens with zero attached hydrogens (tertiary/aromatic N) is 2. The van der Waals surface area contributed by atoms with E-state index in [9.17, 15) is 13.6 Å². The third-order valence-electron chi connectivity index (χ3n) is 3.21. The third-order valence-corrected chi connectivity index (χ3v) is 4.07. The first-order valence-corrected chi connectivity index (χ1v) is 8.74. The Labute approximate surface area is 143 Å². The topological polar surface area (TPSA) is 63.1 Å². The van der Waals surface area contributed by atoms with Crippen LogP contribution in [0.5, 0.6) is 5.75 Å². The van der Waals surface area contributed by atoms with Crippen molar-refractivity contribution in [1.82, 2.24) is 5.32 Å². The lowest BCUT2D eigenvalue weighted by Crippen LogP contribution is -2.19. The Hall–Kier alpha value is -1.96. The molecule has 0 aliphatic carbocycles. The predicted molar refractivity (Wildman–Crippen MR) is 91.6 cm³/mol. The molecule has 1 aromatic rings. The number of thioether (sulfide) groups is 1. The van der Waals surface area contributed by atoms with Gasteiger partial charge in [0.05, 0.1) is 18.6 Å². The van der Waals surface area contributed by atoms with Gasteiger partial charge in [-0.2, -0.15) is 5.10 Å². The quantitative estimate of drug-likeness (QED) is 0.441. The minimum absolute atomic E-state index is 0.147. The van der Waals surface area contributed by atoms with Crippen molar-refractivity contribution in [3.63, 3.8) is 0 Å². The van der Waals surface area contributed by atoms with Crippen molar-refractivity contribution < 1.29 is 18.3 Å². The molecular formula is C16H19F2N3O2S. The van der Waals surface area contributed by atoms with Gasteiger partial charge in [0.25, 0.3) is 0 Å². The fourth-order valence-electron chi connectivity index (χ4n) is 2.02. The molecule has 1 fully saturated rings. The fourth-order valence-corrected chi connectivity index (χ4v) is 2.65. The van der Waals surface area contributed by atoms with Gasteiger partial charge in [-0.25, -0.2) is 8.78 Å². The number of carbonyl (C=O) groups excluding carboxylic acids is 1. The number of benzene rings is 1. The minimum Gasteiger partial charge on any atom is -0.488 e. The van der Waals surface area contributed by atoms with E-state index < -0.39 is 11.6 Å². The van der Waals surface area contributed by atoms with E-state index in [1.165, 1.54) is 18.0 Å². The number of ether oxygens (including phenoxy) is 1. The predicted octanol–water partition coefficient (Wildman–Crippen LogP) is 3.48. The number of amidine groups is 1. The zero-order valence-electron chi connectivity index (χ0n) is 13.3. The van der Waals surface area contributed by atoms with Gasteiger partial charge in [-0.1, -0.05) is 37.9 Å². The fraction of sp³-hybridized carbons (Fsp3) is 0.438. The highest BCUT2D eigenvalue weighted by atomic mass is 32.2. The summed E-state index contributed by atoms with van der Waals surface area (Å²) in [6.07, 6.45) is 5.11. The summed E-state index contributed by atoms with van der Waals surface area (Å²) in [6, 6.07) is 2.27. The molecule has 1 amide bonds. The lowest BCUT2D eigenvalue weighted by molar-refractivity contribution is -0.116. The van der Waals surface area contributed by atoms with Crippen LogP contribution in [0.4, 0.5) is 8.78 Å². The molecule has 0 bridgehead atoms. The van der Waals surface area contributed by atoms with Gasteiger partial charge in [-0.05, 0) is 18.6 Å². The van der Waals surface area contributed by atoms with Crippen LogP contribution in [0.25, 0.3) is 0 Å². The Morgan fingerprint density at radius 3 is 2.67 bits per heavy atom. The molecule has 0 saturated carbocycles. The van der Waals surface area contributed by atoms with E-state index in [1.54, 1.807) is 0 Å². The molecule has 2 rings (SSSR count). The van der Waals surface area contributed by atoms with Gasteiger partial charge in [0.2, 0.25) is 5.91 Å².